The number of phenols is 1. The Hall–Kier alpha value is -4.62. The van der Waals surface area contributed by atoms with Crippen LogP contribution in [0.4, 0.5) is 19.0 Å². The molecule has 0 spiro atoms. The molecule has 1 aromatic heterocycles. The first kappa shape index (κ1) is 32.9. The van der Waals surface area contributed by atoms with Gasteiger partial charge in [-0.2, -0.15) is 18.2 Å². The van der Waals surface area contributed by atoms with Gasteiger partial charge in [0.05, 0.1) is 40.9 Å². The molecule has 3 heterocycles. The Morgan fingerprint density at radius 2 is 1.71 bits per heavy atom. The lowest BCUT2D eigenvalue weighted by Crippen LogP contribution is -2.53. The normalized spacial score (nSPS) is 27.9. The average Bonchev–Trinajstić information content (AvgIpc) is 3.42. The molecule has 10 nitrogen and oxygen atoms in total. The number of allylic oxidation sites excluding steroid dienone is 2. The van der Waals surface area contributed by atoms with E-state index in [1.807, 2.05) is 6.08 Å². The molecule has 2 saturated heterocycles. The Morgan fingerprint density at radius 3 is 2.35 bits per heavy atom. The Balaban J connectivity index is 1.45. The van der Waals surface area contributed by atoms with Gasteiger partial charge in [-0.3, -0.25) is 29.5 Å². The number of hydrogen-bond acceptors (Lipinski definition) is 8. The molecule has 3 fully saturated rings. The lowest BCUT2D eigenvalue weighted by molar-refractivity contribution is -0.140. The van der Waals surface area contributed by atoms with E-state index in [2.05, 4.69) is 10.4 Å². The smallest absolute Gasteiger partial charge is 0.417 e. The summed E-state index contributed by atoms with van der Waals surface area (Å²) in [5.41, 5.74) is 0.888. The molecule has 15 heteroatoms. The molecular formula is C34H27Cl2F3N4O6. The number of hydrazine groups is 1. The van der Waals surface area contributed by atoms with Crippen molar-refractivity contribution in [3.8, 4) is 11.5 Å². The van der Waals surface area contributed by atoms with Gasteiger partial charge in [-0.05, 0) is 48.6 Å². The van der Waals surface area contributed by atoms with Crippen LogP contribution in [0.2, 0.25) is 10.0 Å². The molecule has 49 heavy (non-hydrogen) atoms. The number of nitrogens with zero attached hydrogens (tertiary/aromatic N) is 3. The summed E-state index contributed by atoms with van der Waals surface area (Å²) in [5, 5.41) is 12.0. The maximum atomic E-state index is 15.1. The van der Waals surface area contributed by atoms with Gasteiger partial charge in [-0.1, -0.05) is 53.1 Å². The number of pyridine rings is 1. The van der Waals surface area contributed by atoms with Gasteiger partial charge < -0.3 is 9.84 Å². The van der Waals surface area contributed by atoms with E-state index in [4.69, 9.17) is 27.9 Å². The SMILES string of the molecule is COc1ccc([C@H]2C3=CC[C@@H]4C(=O)N(C)C(=O)[C@@H]4[C@@H]3C[C@H]3C(=O)N(Nc4ncc(C(F)(F)F)cc4Cl)C(=O)[C@@]23c2ccc(Cl)cc2)c(O)c1. The summed E-state index contributed by atoms with van der Waals surface area (Å²) in [4.78, 5) is 61.2. The predicted molar refractivity (Wildman–Crippen MR) is 169 cm³/mol. The third-order valence-electron chi connectivity index (χ3n) is 10.3. The number of nitrogens with one attached hydrogen (secondary N) is 1. The van der Waals surface area contributed by atoms with Crippen molar-refractivity contribution in [3.63, 3.8) is 0 Å². The molecule has 0 unspecified atom stereocenters. The van der Waals surface area contributed by atoms with Crippen molar-refractivity contribution in [2.75, 3.05) is 19.6 Å². The first-order valence-corrected chi connectivity index (χ1v) is 16.0. The van der Waals surface area contributed by atoms with Gasteiger partial charge in [0.15, 0.2) is 5.82 Å². The summed E-state index contributed by atoms with van der Waals surface area (Å²) in [6.45, 7) is 0. The molecule has 2 N–H and O–H groups in total. The van der Waals surface area contributed by atoms with Gasteiger partial charge in [0.25, 0.3) is 11.8 Å². The highest BCUT2D eigenvalue weighted by Gasteiger charge is 2.70. The van der Waals surface area contributed by atoms with Crippen molar-refractivity contribution in [3.05, 3.63) is 93.1 Å². The zero-order valence-corrected chi connectivity index (χ0v) is 27.3. The second-order valence-corrected chi connectivity index (χ2v) is 13.4. The number of rotatable bonds is 5. The standard InChI is InChI=1S/C34H27Cl2F3N4O6/c1-42-29(45)21-10-9-19-22(26(21)31(42)47)13-23-30(46)43(41-28-24(36)11-16(14-40-28)34(37,38)39)32(48)33(23,15-3-5-17(35)6-4-15)27(19)20-8-7-18(49-2)12-25(20)44/h3-9,11-12,14,21-23,26-27,44H,10,13H2,1-2H3,(H,40,41)/t21-,22+,23-,26-,27+,33+/m0/s1. The van der Waals surface area contributed by atoms with Crippen LogP contribution in [0.3, 0.4) is 0 Å². The molecule has 0 radical (unpaired) electrons. The molecule has 4 amide bonds. The van der Waals surface area contributed by atoms with E-state index in [1.165, 1.54) is 20.2 Å². The number of likely N-dealkylation sites (tertiary alicyclic amines) is 1. The van der Waals surface area contributed by atoms with Gasteiger partial charge in [-0.15, -0.1) is 0 Å². The van der Waals surface area contributed by atoms with E-state index in [1.54, 1.807) is 36.4 Å². The van der Waals surface area contributed by atoms with E-state index >= 15 is 4.79 Å². The number of carbonyl (C=O) groups is 4. The number of hydrogen-bond donors (Lipinski definition) is 2. The molecule has 4 aliphatic rings. The third kappa shape index (κ3) is 4.80. The van der Waals surface area contributed by atoms with E-state index in [0.717, 1.165) is 4.90 Å². The summed E-state index contributed by atoms with van der Waals surface area (Å²) >= 11 is 12.5. The summed E-state index contributed by atoms with van der Waals surface area (Å²) < 4.78 is 45.4. The zero-order chi connectivity index (χ0) is 35.2. The number of amides is 4. The number of alkyl halides is 3. The van der Waals surface area contributed by atoms with Crippen LogP contribution in [0.15, 0.2) is 66.4 Å². The monoisotopic (exact) mass is 714 g/mol. The molecule has 2 aromatic carbocycles. The highest BCUT2D eigenvalue weighted by molar-refractivity contribution is 6.33. The maximum absolute atomic E-state index is 15.1. The molecule has 3 aromatic rings. The molecule has 1 saturated carbocycles. The zero-order valence-electron chi connectivity index (χ0n) is 25.8. The van der Waals surface area contributed by atoms with E-state index in [0.29, 0.717) is 39.2 Å². The minimum absolute atomic E-state index is 0.0349. The van der Waals surface area contributed by atoms with Crippen molar-refractivity contribution >= 4 is 52.6 Å². The fourth-order valence-electron chi connectivity index (χ4n) is 8.18. The van der Waals surface area contributed by atoms with Crippen LogP contribution in [-0.2, 0) is 30.8 Å². The molecular weight excluding hydrogens is 688 g/mol. The molecule has 6 atom stereocenters. The van der Waals surface area contributed by atoms with Crippen LogP contribution in [0.25, 0.3) is 0 Å². The van der Waals surface area contributed by atoms with Crippen LogP contribution in [0.1, 0.15) is 35.4 Å². The number of fused-ring (bicyclic) bond motifs is 4. The van der Waals surface area contributed by atoms with Gasteiger partial charge in [0.1, 0.15) is 11.5 Å². The number of aromatic hydroxyl groups is 1. The highest BCUT2D eigenvalue weighted by atomic mass is 35.5. The second-order valence-electron chi connectivity index (χ2n) is 12.6. The van der Waals surface area contributed by atoms with Crippen LogP contribution >= 0.6 is 23.2 Å². The number of aromatic nitrogens is 1. The lowest BCUT2D eigenvalue weighted by atomic mass is 9.49. The largest absolute Gasteiger partial charge is 0.508 e. The minimum atomic E-state index is -4.75. The Labute approximate surface area is 287 Å². The topological polar surface area (TPSA) is 129 Å². The third-order valence-corrected chi connectivity index (χ3v) is 10.9. The minimum Gasteiger partial charge on any atom is -0.508 e. The van der Waals surface area contributed by atoms with Crippen molar-refractivity contribution in [2.45, 2.75) is 30.4 Å². The number of anilines is 1. The molecule has 7 rings (SSSR count). The van der Waals surface area contributed by atoms with Crippen molar-refractivity contribution in [1.82, 2.24) is 14.9 Å². The van der Waals surface area contributed by atoms with Gasteiger partial charge >= 0.3 is 6.18 Å². The maximum Gasteiger partial charge on any atom is 0.417 e. The van der Waals surface area contributed by atoms with Gasteiger partial charge in [0.2, 0.25) is 11.8 Å². The summed E-state index contributed by atoms with van der Waals surface area (Å²) in [7, 11) is 2.83. The second kappa shape index (κ2) is 11.5. The van der Waals surface area contributed by atoms with Gasteiger partial charge in [-0.25, -0.2) is 4.98 Å². The quantitative estimate of drug-likeness (QED) is 0.253. The van der Waals surface area contributed by atoms with E-state index < -0.39 is 69.5 Å². The number of phenolic OH excluding ortho intramolecular Hbond substituents is 1. The van der Waals surface area contributed by atoms with E-state index in [9.17, 15) is 32.7 Å². The molecule has 0 bridgehead atoms. The Bertz CT molecular complexity index is 1970. The fraction of sp³-hybridized carbons (Fsp3) is 0.324. The lowest BCUT2D eigenvalue weighted by Gasteiger charge is -2.50. The summed E-state index contributed by atoms with van der Waals surface area (Å²) in [5.74, 6) is -7.03. The average molecular weight is 716 g/mol. The van der Waals surface area contributed by atoms with Crippen LogP contribution in [-0.4, -0.2) is 57.8 Å². The summed E-state index contributed by atoms with van der Waals surface area (Å²) in [6.07, 6.45) is -2.24. The Morgan fingerprint density at radius 1 is 1.00 bits per heavy atom. The van der Waals surface area contributed by atoms with Crippen molar-refractivity contribution in [1.29, 1.82) is 0 Å². The number of imide groups is 2. The van der Waals surface area contributed by atoms with Crippen molar-refractivity contribution < 1.29 is 42.2 Å². The number of halogens is 5. The van der Waals surface area contributed by atoms with Crippen LogP contribution < -0.4 is 10.2 Å². The molecule has 254 valence electrons. The van der Waals surface area contributed by atoms with Crippen molar-refractivity contribution in [2.24, 2.45) is 23.7 Å². The number of benzene rings is 2. The molecule has 2 aliphatic carbocycles. The fourth-order valence-corrected chi connectivity index (χ4v) is 8.51. The number of methoxy groups -OCH3 is 1. The first-order chi connectivity index (χ1) is 23.2. The highest BCUT2D eigenvalue weighted by Crippen LogP contribution is 2.65. The van der Waals surface area contributed by atoms with Crippen LogP contribution in [0.5, 0.6) is 11.5 Å². The predicted octanol–water partition coefficient (Wildman–Crippen LogP) is 5.74. The first-order valence-electron chi connectivity index (χ1n) is 15.2. The summed E-state index contributed by atoms with van der Waals surface area (Å²) in [6, 6.07) is 11.5. The van der Waals surface area contributed by atoms with E-state index in [-0.39, 0.29) is 35.9 Å². The molecule has 2 aliphatic heterocycles. The number of carbonyl (C=O) groups excluding carboxylic acids is 4. The van der Waals surface area contributed by atoms with Gasteiger partial charge in [0, 0.05) is 35.8 Å². The Kier molecular flexibility index (Phi) is 7.71. The number of ether oxygens (including phenoxy) is 1. The van der Waals surface area contributed by atoms with Crippen LogP contribution in [0, 0.1) is 23.7 Å².